The van der Waals surface area contributed by atoms with E-state index in [-0.39, 0.29) is 23.7 Å². The van der Waals surface area contributed by atoms with Gasteiger partial charge in [-0.3, -0.25) is 24.6 Å². The van der Waals surface area contributed by atoms with Crippen LogP contribution in [0.15, 0.2) is 68.4 Å². The van der Waals surface area contributed by atoms with Crippen molar-refractivity contribution in [2.24, 2.45) is 0 Å². The molecule has 0 atom stereocenters. The molecule has 1 aliphatic rings. The summed E-state index contributed by atoms with van der Waals surface area (Å²) >= 11 is 20.2. The molecular formula is C24H14Br2Cl2N2O5S. The van der Waals surface area contributed by atoms with Gasteiger partial charge in [-0.25, -0.2) is 0 Å². The molecular weight excluding hydrogens is 659 g/mol. The Morgan fingerprint density at radius 2 is 1.64 bits per heavy atom. The van der Waals surface area contributed by atoms with Crippen LogP contribution in [0.3, 0.4) is 0 Å². The minimum absolute atomic E-state index is 0.00448. The van der Waals surface area contributed by atoms with Gasteiger partial charge in [0, 0.05) is 27.7 Å². The van der Waals surface area contributed by atoms with Crippen LogP contribution in [0.25, 0.3) is 6.08 Å². The predicted molar refractivity (Wildman–Crippen MR) is 147 cm³/mol. The average molecular weight is 673 g/mol. The Morgan fingerprint density at radius 3 is 2.22 bits per heavy atom. The Morgan fingerprint density at radius 1 is 1.03 bits per heavy atom. The first kappa shape index (κ1) is 26.7. The van der Waals surface area contributed by atoms with Crippen LogP contribution in [0.1, 0.15) is 16.7 Å². The molecule has 1 heterocycles. The Labute approximate surface area is 236 Å². The van der Waals surface area contributed by atoms with Gasteiger partial charge in [0.1, 0.15) is 12.4 Å². The van der Waals surface area contributed by atoms with Crippen LogP contribution in [0.4, 0.5) is 10.5 Å². The van der Waals surface area contributed by atoms with Crippen molar-refractivity contribution >= 4 is 89.7 Å². The van der Waals surface area contributed by atoms with Gasteiger partial charge in [-0.15, -0.1) is 0 Å². The number of hydrogen-bond donors (Lipinski definition) is 0. The fourth-order valence-electron chi connectivity index (χ4n) is 3.30. The Balaban J connectivity index is 1.49. The molecule has 0 unspecified atom stereocenters. The zero-order valence-corrected chi connectivity index (χ0v) is 23.5. The van der Waals surface area contributed by atoms with Gasteiger partial charge in [0.15, 0.2) is 0 Å². The fraction of sp³-hybridized carbons (Fsp3) is 0.0833. The highest BCUT2D eigenvalue weighted by atomic mass is 79.9. The zero-order valence-electron chi connectivity index (χ0n) is 18.0. The van der Waals surface area contributed by atoms with Crippen molar-refractivity contribution < 1.29 is 19.2 Å². The van der Waals surface area contributed by atoms with E-state index in [1.807, 2.05) is 0 Å². The number of amides is 2. The molecule has 0 N–H and O–H groups in total. The second kappa shape index (κ2) is 11.4. The van der Waals surface area contributed by atoms with Crippen LogP contribution in [0.5, 0.6) is 5.75 Å². The van der Waals surface area contributed by atoms with E-state index < -0.39 is 16.1 Å². The second-order valence-electron chi connectivity index (χ2n) is 7.49. The number of nitro benzene ring substituents is 1. The van der Waals surface area contributed by atoms with E-state index in [4.69, 9.17) is 27.9 Å². The van der Waals surface area contributed by atoms with Gasteiger partial charge >= 0.3 is 0 Å². The van der Waals surface area contributed by atoms with E-state index in [2.05, 4.69) is 31.9 Å². The summed E-state index contributed by atoms with van der Waals surface area (Å²) < 4.78 is 7.11. The van der Waals surface area contributed by atoms with E-state index in [9.17, 15) is 19.7 Å². The average Bonchev–Trinajstić information content (AvgIpc) is 3.08. The van der Waals surface area contributed by atoms with Gasteiger partial charge in [-0.2, -0.15) is 0 Å². The van der Waals surface area contributed by atoms with Crippen LogP contribution >= 0.6 is 66.8 Å². The number of thioether (sulfide) groups is 1. The molecule has 36 heavy (non-hydrogen) atoms. The molecule has 3 aromatic carbocycles. The van der Waals surface area contributed by atoms with Gasteiger partial charge in [0.05, 0.1) is 25.3 Å². The van der Waals surface area contributed by atoms with E-state index in [1.54, 1.807) is 48.5 Å². The molecule has 0 bridgehead atoms. The Kier molecular flexibility index (Phi) is 8.41. The van der Waals surface area contributed by atoms with Gasteiger partial charge < -0.3 is 4.74 Å². The summed E-state index contributed by atoms with van der Waals surface area (Å²) in [5, 5.41) is 11.1. The zero-order chi connectivity index (χ0) is 26.0. The molecule has 12 heteroatoms. The smallest absolute Gasteiger partial charge is 0.293 e. The molecule has 3 aromatic rings. The van der Waals surface area contributed by atoms with Gasteiger partial charge in [0.25, 0.3) is 16.8 Å². The maximum Gasteiger partial charge on any atom is 0.293 e. The molecule has 2 amide bonds. The quantitative estimate of drug-likeness (QED) is 0.143. The number of halogens is 4. The summed E-state index contributed by atoms with van der Waals surface area (Å²) in [4.78, 5) is 37.2. The lowest BCUT2D eigenvalue weighted by molar-refractivity contribution is -0.384. The summed E-state index contributed by atoms with van der Waals surface area (Å²) in [5.74, 6) is 0.0821. The summed E-state index contributed by atoms with van der Waals surface area (Å²) in [5.41, 5.74) is 1.93. The number of benzene rings is 3. The third-order valence-electron chi connectivity index (χ3n) is 5.10. The van der Waals surface area contributed by atoms with Gasteiger partial charge in [-0.05, 0) is 97.2 Å². The highest BCUT2D eigenvalue weighted by Gasteiger charge is 2.35. The third kappa shape index (κ3) is 5.95. The number of carbonyl (C=O) groups is 2. The molecule has 0 spiro atoms. The number of imide groups is 1. The number of carbonyl (C=O) groups excluding carboxylic acids is 2. The van der Waals surface area contributed by atoms with Crippen molar-refractivity contribution in [3.63, 3.8) is 0 Å². The minimum Gasteiger partial charge on any atom is -0.487 e. The van der Waals surface area contributed by atoms with Crippen LogP contribution in [0.2, 0.25) is 10.0 Å². The van der Waals surface area contributed by atoms with E-state index in [0.29, 0.717) is 35.9 Å². The summed E-state index contributed by atoms with van der Waals surface area (Å²) in [6.07, 6.45) is 1.62. The maximum absolute atomic E-state index is 12.9. The number of non-ortho nitro benzene ring substituents is 1. The highest BCUT2D eigenvalue weighted by molar-refractivity contribution is 9.11. The molecule has 7 nitrogen and oxygen atoms in total. The first-order valence-electron chi connectivity index (χ1n) is 10.2. The third-order valence-corrected chi connectivity index (χ3v) is 7.89. The molecule has 0 aromatic heterocycles. The standard InChI is InChI=1S/C24H14Br2Cl2N2O5S/c25-17-8-14(9-18(26)22(17)35-12-13-4-6-15(7-5-13)30(33)34)10-21-23(31)29(24(32)36-21)11-16-19(27)2-1-3-20(16)28/h1-10H,11-12H2/b21-10-. The normalized spacial score (nSPS) is 14.6. The lowest BCUT2D eigenvalue weighted by Gasteiger charge is -2.14. The van der Waals surface area contributed by atoms with E-state index >= 15 is 0 Å². The highest BCUT2D eigenvalue weighted by Crippen LogP contribution is 2.39. The Bertz CT molecular complexity index is 1370. The summed E-state index contributed by atoms with van der Waals surface area (Å²) in [6.45, 7) is 0.168. The van der Waals surface area contributed by atoms with Crippen molar-refractivity contribution in [1.29, 1.82) is 0 Å². The number of nitro groups is 1. The van der Waals surface area contributed by atoms with Crippen LogP contribution in [-0.4, -0.2) is 21.0 Å². The molecule has 0 aliphatic carbocycles. The molecule has 1 fully saturated rings. The van der Waals surface area contributed by atoms with Crippen molar-refractivity contribution in [3.05, 3.63) is 105 Å². The lowest BCUT2D eigenvalue weighted by Crippen LogP contribution is -2.27. The summed E-state index contributed by atoms with van der Waals surface area (Å²) in [6, 6.07) is 14.6. The molecule has 0 saturated carbocycles. The van der Waals surface area contributed by atoms with Crippen LogP contribution in [0, 0.1) is 10.1 Å². The fourth-order valence-corrected chi connectivity index (χ4v) is 6.11. The largest absolute Gasteiger partial charge is 0.487 e. The minimum atomic E-state index is -0.461. The lowest BCUT2D eigenvalue weighted by atomic mass is 10.2. The van der Waals surface area contributed by atoms with Crippen molar-refractivity contribution in [2.75, 3.05) is 0 Å². The van der Waals surface area contributed by atoms with Crippen molar-refractivity contribution in [1.82, 2.24) is 4.90 Å². The topological polar surface area (TPSA) is 89.7 Å². The number of nitrogens with zero attached hydrogens (tertiary/aromatic N) is 2. The van der Waals surface area contributed by atoms with Crippen molar-refractivity contribution in [2.45, 2.75) is 13.2 Å². The Hall–Kier alpha value is -2.37. The molecule has 1 saturated heterocycles. The molecule has 4 rings (SSSR count). The molecule has 1 aliphatic heterocycles. The predicted octanol–water partition coefficient (Wildman–Crippen LogP) is 8.24. The van der Waals surface area contributed by atoms with E-state index in [0.717, 1.165) is 22.2 Å². The summed E-state index contributed by atoms with van der Waals surface area (Å²) in [7, 11) is 0. The van der Waals surface area contributed by atoms with Crippen LogP contribution in [-0.2, 0) is 17.9 Å². The molecule has 0 radical (unpaired) electrons. The number of ether oxygens (including phenoxy) is 1. The van der Waals surface area contributed by atoms with Crippen molar-refractivity contribution in [3.8, 4) is 5.75 Å². The van der Waals surface area contributed by atoms with Gasteiger partial charge in [0.2, 0.25) is 0 Å². The first-order valence-corrected chi connectivity index (χ1v) is 13.3. The monoisotopic (exact) mass is 670 g/mol. The SMILES string of the molecule is O=C1S/C(=C\c2cc(Br)c(OCc3ccc([N+](=O)[O-])cc3)c(Br)c2)C(=O)N1Cc1c(Cl)cccc1Cl. The second-order valence-corrected chi connectivity index (χ2v) is 11.0. The van der Waals surface area contributed by atoms with E-state index in [1.165, 1.54) is 12.1 Å². The number of rotatable bonds is 7. The first-order chi connectivity index (χ1) is 17.1. The molecule has 184 valence electrons. The van der Waals surface area contributed by atoms with Crippen LogP contribution < -0.4 is 4.74 Å². The maximum atomic E-state index is 12.9. The van der Waals surface area contributed by atoms with Gasteiger partial charge in [-0.1, -0.05) is 29.3 Å². The number of hydrogen-bond acceptors (Lipinski definition) is 6.